The zero-order valence-electron chi connectivity index (χ0n) is 29.2. The molecule has 264 valence electrons. The Bertz CT molecular complexity index is 1610. The van der Waals surface area contributed by atoms with Crippen LogP contribution in [0.5, 0.6) is 23.0 Å². The maximum atomic E-state index is 14.6. The molecule has 2 heterocycles. The number of fused-ring (bicyclic) bond motifs is 1. The van der Waals surface area contributed by atoms with Gasteiger partial charge in [-0.3, -0.25) is 14.5 Å². The number of anilines is 1. The van der Waals surface area contributed by atoms with E-state index in [2.05, 4.69) is 13.8 Å². The monoisotopic (exact) mass is 676 g/mol. The minimum atomic E-state index is -0.917. The molecule has 1 saturated heterocycles. The summed E-state index contributed by atoms with van der Waals surface area (Å²) >= 11 is 0. The summed E-state index contributed by atoms with van der Waals surface area (Å²) in [4.78, 5) is 31.6. The number of carbonyl (C=O) groups is 2. The SMILES string of the molecule is CCCC(CCC)N(C(=O)CN1CC(c2cc(OC)c3c(c2)OCO3)C(C(=O)O)C1CCCc1ccccc1OC)c1ccc(F)c(C)c1. The molecular formula is C39H49FN2O7. The molecule has 2 aliphatic heterocycles. The van der Waals surface area contributed by atoms with Gasteiger partial charge in [-0.05, 0) is 92.1 Å². The van der Waals surface area contributed by atoms with Gasteiger partial charge in [0, 0.05) is 30.2 Å². The second-order valence-electron chi connectivity index (χ2n) is 13.1. The maximum Gasteiger partial charge on any atom is 0.308 e. The summed E-state index contributed by atoms with van der Waals surface area (Å²) in [5.74, 6) is -0.298. The normalized spacial score (nSPS) is 18.6. The predicted octanol–water partition coefficient (Wildman–Crippen LogP) is 7.37. The third kappa shape index (κ3) is 7.96. The largest absolute Gasteiger partial charge is 0.496 e. The topological polar surface area (TPSA) is 97.8 Å². The van der Waals surface area contributed by atoms with Gasteiger partial charge in [-0.15, -0.1) is 0 Å². The molecule has 1 fully saturated rings. The van der Waals surface area contributed by atoms with Gasteiger partial charge in [0.15, 0.2) is 11.5 Å². The Hall–Kier alpha value is -4.31. The van der Waals surface area contributed by atoms with E-state index in [9.17, 15) is 19.1 Å². The molecule has 0 radical (unpaired) electrons. The Kier molecular flexibility index (Phi) is 12.0. The van der Waals surface area contributed by atoms with Crippen LogP contribution in [-0.4, -0.2) is 68.1 Å². The van der Waals surface area contributed by atoms with E-state index in [0.717, 1.165) is 42.6 Å². The zero-order valence-corrected chi connectivity index (χ0v) is 29.2. The summed E-state index contributed by atoms with van der Waals surface area (Å²) in [6.07, 6.45) is 5.34. The number of aliphatic carboxylic acids is 1. The van der Waals surface area contributed by atoms with Gasteiger partial charge < -0.3 is 29.0 Å². The number of nitrogens with zero attached hydrogens (tertiary/aromatic N) is 2. The smallest absolute Gasteiger partial charge is 0.308 e. The minimum absolute atomic E-state index is 0.0294. The van der Waals surface area contributed by atoms with Crippen molar-refractivity contribution < 1.29 is 38.0 Å². The average molecular weight is 677 g/mol. The summed E-state index contributed by atoms with van der Waals surface area (Å²) in [6, 6.07) is 15.9. The summed E-state index contributed by atoms with van der Waals surface area (Å²) < 4.78 is 36.9. The summed E-state index contributed by atoms with van der Waals surface area (Å²) in [5, 5.41) is 10.8. The number of carboxylic acid groups (broad SMARTS) is 1. The van der Waals surface area contributed by atoms with E-state index in [1.165, 1.54) is 6.07 Å². The van der Waals surface area contributed by atoms with Crippen molar-refractivity contribution in [2.75, 3.05) is 39.0 Å². The highest BCUT2D eigenvalue weighted by atomic mass is 19.1. The number of ether oxygens (including phenoxy) is 4. The second-order valence-corrected chi connectivity index (χ2v) is 13.1. The van der Waals surface area contributed by atoms with Crippen LogP contribution in [0.4, 0.5) is 10.1 Å². The van der Waals surface area contributed by atoms with Gasteiger partial charge in [0.2, 0.25) is 18.4 Å². The molecule has 5 rings (SSSR count). The van der Waals surface area contributed by atoms with Crippen molar-refractivity contribution in [3.8, 4) is 23.0 Å². The predicted molar refractivity (Wildman–Crippen MR) is 187 cm³/mol. The number of hydrogen-bond acceptors (Lipinski definition) is 7. The number of halogens is 1. The quantitative estimate of drug-likeness (QED) is 0.168. The Morgan fingerprint density at radius 1 is 1.02 bits per heavy atom. The third-order valence-corrected chi connectivity index (χ3v) is 9.92. The summed E-state index contributed by atoms with van der Waals surface area (Å²) in [6.45, 7) is 6.34. The fraction of sp³-hybridized carbons (Fsp3) is 0.487. The molecule has 1 N–H and O–H groups in total. The van der Waals surface area contributed by atoms with Gasteiger partial charge >= 0.3 is 5.97 Å². The average Bonchev–Trinajstić information content (AvgIpc) is 3.71. The molecule has 3 aromatic rings. The fourth-order valence-electron chi connectivity index (χ4n) is 7.62. The highest BCUT2D eigenvalue weighted by molar-refractivity contribution is 5.95. The van der Waals surface area contributed by atoms with Crippen LogP contribution in [-0.2, 0) is 16.0 Å². The second kappa shape index (κ2) is 16.4. The van der Waals surface area contributed by atoms with E-state index < -0.39 is 23.8 Å². The van der Waals surface area contributed by atoms with Crippen molar-refractivity contribution >= 4 is 17.6 Å². The standard InChI is InChI=1S/C39H49FN2O7/c1-6-11-28(12-7-2)42(29-17-18-31(40)25(3)19-29)36(43)23-41-22-30(27-20-34(47-5)38-35(21-27)48-24-49-38)37(39(44)45)32(41)15-10-14-26-13-8-9-16-33(26)46-4/h8-9,13,16-21,28,30,32,37H,6-7,10-12,14-15,22-24H2,1-5H3,(H,44,45). The van der Waals surface area contributed by atoms with E-state index in [1.807, 2.05) is 46.2 Å². The number of hydrogen-bond donors (Lipinski definition) is 1. The van der Waals surface area contributed by atoms with Gasteiger partial charge in [-0.1, -0.05) is 44.9 Å². The molecule has 49 heavy (non-hydrogen) atoms. The van der Waals surface area contributed by atoms with E-state index >= 15 is 0 Å². The van der Waals surface area contributed by atoms with Crippen molar-refractivity contribution in [1.82, 2.24) is 4.90 Å². The lowest BCUT2D eigenvalue weighted by Crippen LogP contribution is -2.48. The molecule has 0 aliphatic carbocycles. The van der Waals surface area contributed by atoms with Crippen LogP contribution in [0.3, 0.4) is 0 Å². The molecule has 3 unspecified atom stereocenters. The molecule has 2 aliphatic rings. The molecule has 1 amide bonds. The molecule has 3 atom stereocenters. The number of amides is 1. The highest BCUT2D eigenvalue weighted by Gasteiger charge is 2.47. The van der Waals surface area contributed by atoms with Gasteiger partial charge in [0.05, 0.1) is 26.7 Å². The zero-order chi connectivity index (χ0) is 35.1. The van der Waals surface area contributed by atoms with Crippen molar-refractivity contribution in [2.24, 2.45) is 5.92 Å². The Morgan fingerprint density at radius 3 is 2.43 bits per heavy atom. The van der Waals surface area contributed by atoms with Crippen LogP contribution < -0.4 is 23.8 Å². The van der Waals surface area contributed by atoms with Gasteiger partial charge in [-0.2, -0.15) is 0 Å². The minimum Gasteiger partial charge on any atom is -0.496 e. The van der Waals surface area contributed by atoms with Crippen LogP contribution in [0.2, 0.25) is 0 Å². The van der Waals surface area contributed by atoms with Gasteiger partial charge in [0.1, 0.15) is 11.6 Å². The first-order valence-electron chi connectivity index (χ1n) is 17.3. The first-order chi connectivity index (χ1) is 23.7. The Morgan fingerprint density at radius 2 is 1.76 bits per heavy atom. The molecular weight excluding hydrogens is 627 g/mol. The van der Waals surface area contributed by atoms with Crippen LogP contribution in [0.25, 0.3) is 0 Å². The molecule has 0 aromatic heterocycles. The highest BCUT2D eigenvalue weighted by Crippen LogP contribution is 2.47. The maximum absolute atomic E-state index is 14.6. The fourth-order valence-corrected chi connectivity index (χ4v) is 7.62. The first-order valence-corrected chi connectivity index (χ1v) is 17.3. The molecule has 10 heteroatoms. The molecule has 3 aromatic carbocycles. The summed E-state index contributed by atoms with van der Waals surface area (Å²) in [5.41, 5.74) is 2.95. The van der Waals surface area contributed by atoms with Gasteiger partial charge in [0.25, 0.3) is 0 Å². The van der Waals surface area contributed by atoms with E-state index in [1.54, 1.807) is 33.3 Å². The van der Waals surface area contributed by atoms with Crippen molar-refractivity contribution in [2.45, 2.75) is 83.7 Å². The summed E-state index contributed by atoms with van der Waals surface area (Å²) in [7, 11) is 3.19. The van der Waals surface area contributed by atoms with Crippen LogP contribution in [0.15, 0.2) is 54.6 Å². The lowest BCUT2D eigenvalue weighted by Gasteiger charge is -2.35. The van der Waals surface area contributed by atoms with Crippen LogP contribution in [0.1, 0.15) is 75.0 Å². The number of likely N-dealkylation sites (tertiary alicyclic amines) is 1. The number of carboxylic acids is 1. The van der Waals surface area contributed by atoms with E-state index in [0.29, 0.717) is 54.3 Å². The number of benzene rings is 3. The number of methoxy groups -OCH3 is 2. The van der Waals surface area contributed by atoms with Crippen LogP contribution >= 0.6 is 0 Å². The van der Waals surface area contributed by atoms with Crippen molar-refractivity contribution in [3.63, 3.8) is 0 Å². The van der Waals surface area contributed by atoms with Gasteiger partial charge in [-0.25, -0.2) is 4.39 Å². The number of para-hydroxylation sites is 1. The molecule has 0 saturated carbocycles. The molecule has 0 spiro atoms. The van der Waals surface area contributed by atoms with Crippen molar-refractivity contribution in [1.29, 1.82) is 0 Å². The van der Waals surface area contributed by atoms with E-state index in [-0.39, 0.29) is 31.1 Å². The Labute approximate surface area is 288 Å². The molecule has 0 bridgehead atoms. The first kappa shape index (κ1) is 36.0. The molecule has 9 nitrogen and oxygen atoms in total. The lowest BCUT2D eigenvalue weighted by atomic mass is 9.83. The van der Waals surface area contributed by atoms with Crippen LogP contribution in [0, 0.1) is 18.7 Å². The van der Waals surface area contributed by atoms with Crippen molar-refractivity contribution in [3.05, 3.63) is 77.1 Å². The number of carbonyl (C=O) groups excluding carboxylic acids is 1. The number of aryl methyl sites for hydroxylation is 2. The number of rotatable bonds is 16. The van der Waals surface area contributed by atoms with E-state index in [4.69, 9.17) is 18.9 Å². The lowest BCUT2D eigenvalue weighted by molar-refractivity contribution is -0.143. The third-order valence-electron chi connectivity index (χ3n) is 9.92. The Balaban J connectivity index is 1.50.